The lowest BCUT2D eigenvalue weighted by Gasteiger charge is -2.11. The second-order valence-electron chi connectivity index (χ2n) is 4.70. The Kier molecular flexibility index (Phi) is 5.68. The molecule has 2 amide bonds. The summed E-state index contributed by atoms with van der Waals surface area (Å²) in [5.41, 5.74) is 1.38. The first kappa shape index (κ1) is 15.7. The molecule has 2 aromatic rings. The molecule has 0 unspecified atom stereocenters. The van der Waals surface area contributed by atoms with Crippen molar-refractivity contribution in [1.82, 2.24) is 5.32 Å². The van der Waals surface area contributed by atoms with Crippen LogP contribution in [0.1, 0.15) is 27.1 Å². The number of nitrogens with one attached hydrogen (secondary N) is 2. The minimum atomic E-state index is -0.280. The third-order valence-corrected chi connectivity index (χ3v) is 3.08. The number of rotatable bonds is 6. The first-order chi connectivity index (χ1) is 10.7. The molecular weight excluding hydrogens is 280 g/mol. The first-order valence-electron chi connectivity index (χ1n) is 7.07. The second-order valence-corrected chi connectivity index (χ2v) is 4.70. The number of hydrogen-bond acceptors (Lipinski definition) is 3. The molecule has 0 fully saturated rings. The third kappa shape index (κ3) is 4.17. The monoisotopic (exact) mass is 298 g/mol. The van der Waals surface area contributed by atoms with E-state index >= 15 is 0 Å². The maximum atomic E-state index is 12.2. The van der Waals surface area contributed by atoms with E-state index in [0.717, 1.165) is 0 Å². The summed E-state index contributed by atoms with van der Waals surface area (Å²) in [6, 6.07) is 15.6. The van der Waals surface area contributed by atoms with Gasteiger partial charge in [-0.05, 0) is 30.7 Å². The molecule has 3 N–H and O–H groups in total. The molecule has 0 aliphatic rings. The van der Waals surface area contributed by atoms with E-state index < -0.39 is 0 Å². The molecule has 0 aliphatic heterocycles. The summed E-state index contributed by atoms with van der Waals surface area (Å²) in [5.74, 6) is -0.548. The lowest BCUT2D eigenvalue weighted by atomic mass is 10.1. The Morgan fingerprint density at radius 2 is 1.59 bits per heavy atom. The van der Waals surface area contributed by atoms with Crippen LogP contribution in [0.15, 0.2) is 54.6 Å². The number of aliphatic hydroxyl groups is 1. The molecule has 0 saturated carbocycles. The summed E-state index contributed by atoms with van der Waals surface area (Å²) < 4.78 is 0. The van der Waals surface area contributed by atoms with Gasteiger partial charge >= 0.3 is 0 Å². The lowest BCUT2D eigenvalue weighted by molar-refractivity contribution is 0.0952. The predicted octanol–water partition coefficient (Wildman–Crippen LogP) is 2.05. The summed E-state index contributed by atoms with van der Waals surface area (Å²) in [4.78, 5) is 24.3. The Morgan fingerprint density at radius 3 is 2.32 bits per heavy atom. The largest absolute Gasteiger partial charge is 0.396 e. The van der Waals surface area contributed by atoms with E-state index in [0.29, 0.717) is 29.8 Å². The van der Waals surface area contributed by atoms with Gasteiger partial charge in [0.25, 0.3) is 11.8 Å². The fourth-order valence-corrected chi connectivity index (χ4v) is 1.95. The van der Waals surface area contributed by atoms with Crippen molar-refractivity contribution in [3.63, 3.8) is 0 Å². The summed E-state index contributed by atoms with van der Waals surface area (Å²) in [5, 5.41) is 14.2. The maximum Gasteiger partial charge on any atom is 0.255 e. The molecule has 0 atom stereocenters. The molecule has 2 aromatic carbocycles. The van der Waals surface area contributed by atoms with E-state index in [1.807, 2.05) is 6.07 Å². The van der Waals surface area contributed by atoms with Crippen LogP contribution >= 0.6 is 0 Å². The number of anilines is 1. The highest BCUT2D eigenvalue weighted by molar-refractivity contribution is 6.08. The van der Waals surface area contributed by atoms with Gasteiger partial charge in [-0.2, -0.15) is 0 Å². The van der Waals surface area contributed by atoms with Gasteiger partial charge in [0.2, 0.25) is 0 Å². The lowest BCUT2D eigenvalue weighted by Crippen LogP contribution is -2.26. The maximum absolute atomic E-state index is 12.2. The van der Waals surface area contributed by atoms with Crippen LogP contribution in [0.25, 0.3) is 0 Å². The zero-order valence-electron chi connectivity index (χ0n) is 12.1. The van der Waals surface area contributed by atoms with Gasteiger partial charge in [0.05, 0.1) is 11.3 Å². The van der Waals surface area contributed by atoms with Crippen LogP contribution in [0.5, 0.6) is 0 Å². The molecule has 0 aromatic heterocycles. The summed E-state index contributed by atoms with van der Waals surface area (Å²) >= 11 is 0. The molecule has 0 bridgehead atoms. The van der Waals surface area contributed by atoms with E-state index in [1.54, 1.807) is 48.5 Å². The number of hydrogen-bond donors (Lipinski definition) is 3. The zero-order chi connectivity index (χ0) is 15.8. The van der Waals surface area contributed by atoms with Gasteiger partial charge in [0.15, 0.2) is 0 Å². The van der Waals surface area contributed by atoms with Gasteiger partial charge < -0.3 is 15.7 Å². The van der Waals surface area contributed by atoms with Crippen molar-refractivity contribution in [2.45, 2.75) is 6.42 Å². The van der Waals surface area contributed by atoms with Crippen LogP contribution < -0.4 is 10.6 Å². The fourth-order valence-electron chi connectivity index (χ4n) is 1.95. The predicted molar refractivity (Wildman–Crippen MR) is 84.9 cm³/mol. The van der Waals surface area contributed by atoms with Gasteiger partial charge in [0.1, 0.15) is 0 Å². The van der Waals surface area contributed by atoms with Crippen molar-refractivity contribution < 1.29 is 14.7 Å². The van der Waals surface area contributed by atoms with Crippen molar-refractivity contribution in [2.24, 2.45) is 0 Å². The molecule has 0 heterocycles. The van der Waals surface area contributed by atoms with E-state index in [1.165, 1.54) is 0 Å². The van der Waals surface area contributed by atoms with Crippen molar-refractivity contribution in [3.05, 3.63) is 65.7 Å². The minimum Gasteiger partial charge on any atom is -0.396 e. The molecular formula is C17H18N2O3. The number of para-hydroxylation sites is 1. The van der Waals surface area contributed by atoms with Crippen LogP contribution in [0.3, 0.4) is 0 Å². The van der Waals surface area contributed by atoms with E-state index in [4.69, 9.17) is 5.11 Å². The smallest absolute Gasteiger partial charge is 0.255 e. The Bertz CT molecular complexity index is 641. The molecule has 0 saturated heterocycles. The highest BCUT2D eigenvalue weighted by atomic mass is 16.3. The number of benzene rings is 2. The van der Waals surface area contributed by atoms with Crippen LogP contribution in [0.4, 0.5) is 5.69 Å². The van der Waals surface area contributed by atoms with Gasteiger partial charge in [-0.3, -0.25) is 9.59 Å². The number of aliphatic hydroxyl groups excluding tert-OH is 1. The van der Waals surface area contributed by atoms with Crippen LogP contribution in [0.2, 0.25) is 0 Å². The molecule has 0 spiro atoms. The van der Waals surface area contributed by atoms with Crippen LogP contribution in [0, 0.1) is 0 Å². The highest BCUT2D eigenvalue weighted by Crippen LogP contribution is 2.16. The SMILES string of the molecule is O=C(Nc1ccccc1C(=O)NCCCO)c1ccccc1. The quantitative estimate of drug-likeness (QED) is 0.714. The summed E-state index contributed by atoms with van der Waals surface area (Å²) in [7, 11) is 0. The second kappa shape index (κ2) is 7.95. The molecule has 5 nitrogen and oxygen atoms in total. The average Bonchev–Trinajstić information content (AvgIpc) is 2.56. The van der Waals surface area contributed by atoms with E-state index in [9.17, 15) is 9.59 Å². The number of carbonyl (C=O) groups excluding carboxylic acids is 2. The standard InChI is InChI=1S/C17H18N2O3/c20-12-6-11-18-17(22)14-9-4-5-10-15(14)19-16(21)13-7-2-1-3-8-13/h1-5,7-10,20H,6,11-12H2,(H,18,22)(H,19,21). The molecule has 2 rings (SSSR count). The molecule has 5 heteroatoms. The molecule has 0 radical (unpaired) electrons. The van der Waals surface area contributed by atoms with Crippen molar-refractivity contribution in [2.75, 3.05) is 18.5 Å². The Labute approximate surface area is 129 Å². The van der Waals surface area contributed by atoms with E-state index in [2.05, 4.69) is 10.6 Å². The fraction of sp³-hybridized carbons (Fsp3) is 0.176. The molecule has 114 valence electrons. The zero-order valence-corrected chi connectivity index (χ0v) is 12.1. The Hall–Kier alpha value is -2.66. The Morgan fingerprint density at radius 1 is 0.909 bits per heavy atom. The summed E-state index contributed by atoms with van der Waals surface area (Å²) in [6.07, 6.45) is 0.490. The van der Waals surface area contributed by atoms with Gasteiger partial charge in [-0.25, -0.2) is 0 Å². The molecule has 22 heavy (non-hydrogen) atoms. The topological polar surface area (TPSA) is 78.4 Å². The Balaban J connectivity index is 2.11. The normalized spacial score (nSPS) is 10.0. The summed E-state index contributed by atoms with van der Waals surface area (Å²) in [6.45, 7) is 0.406. The third-order valence-electron chi connectivity index (χ3n) is 3.08. The number of amides is 2. The van der Waals surface area contributed by atoms with Gasteiger partial charge in [-0.15, -0.1) is 0 Å². The van der Waals surface area contributed by atoms with Crippen molar-refractivity contribution in [1.29, 1.82) is 0 Å². The first-order valence-corrected chi connectivity index (χ1v) is 7.07. The highest BCUT2D eigenvalue weighted by Gasteiger charge is 2.13. The average molecular weight is 298 g/mol. The van der Waals surface area contributed by atoms with Crippen molar-refractivity contribution >= 4 is 17.5 Å². The minimum absolute atomic E-state index is 0.0205. The van der Waals surface area contributed by atoms with E-state index in [-0.39, 0.29) is 18.4 Å². The van der Waals surface area contributed by atoms with Crippen LogP contribution in [-0.4, -0.2) is 30.1 Å². The van der Waals surface area contributed by atoms with Gasteiger partial charge in [-0.1, -0.05) is 30.3 Å². The van der Waals surface area contributed by atoms with Crippen molar-refractivity contribution in [3.8, 4) is 0 Å². The molecule has 0 aliphatic carbocycles. The van der Waals surface area contributed by atoms with Gasteiger partial charge in [0, 0.05) is 18.7 Å². The van der Waals surface area contributed by atoms with Crippen LogP contribution in [-0.2, 0) is 0 Å². The number of carbonyl (C=O) groups is 2.